The van der Waals surface area contributed by atoms with Crippen LogP contribution >= 0.6 is 0 Å². The molecular weight excluding hydrogens is 284 g/mol. The Balaban J connectivity index is 2.12. The molecule has 0 fully saturated rings. The molecule has 0 spiro atoms. The van der Waals surface area contributed by atoms with Gasteiger partial charge in [-0.2, -0.15) is 10.3 Å². The van der Waals surface area contributed by atoms with Gasteiger partial charge in [-0.25, -0.2) is 9.78 Å². The summed E-state index contributed by atoms with van der Waals surface area (Å²) < 4.78 is 5.24. The van der Waals surface area contributed by atoms with Crippen LogP contribution in [0.3, 0.4) is 0 Å². The van der Waals surface area contributed by atoms with Crippen LogP contribution in [0.2, 0.25) is 0 Å². The van der Waals surface area contributed by atoms with E-state index in [9.17, 15) is 4.79 Å². The topological polar surface area (TPSA) is 119 Å². The second-order valence-corrected chi connectivity index (χ2v) is 6.51. The van der Waals surface area contributed by atoms with Crippen molar-refractivity contribution in [3.63, 3.8) is 0 Å². The lowest BCUT2D eigenvalue weighted by Gasteiger charge is -2.29. The second kappa shape index (κ2) is 5.88. The van der Waals surface area contributed by atoms with Gasteiger partial charge in [-0.3, -0.25) is 0 Å². The highest BCUT2D eigenvalue weighted by molar-refractivity contribution is 5.70. The van der Waals surface area contributed by atoms with Crippen LogP contribution < -0.4 is 11.1 Å². The van der Waals surface area contributed by atoms with Gasteiger partial charge in [0.1, 0.15) is 11.1 Å². The minimum Gasteiger partial charge on any atom is -0.444 e. The smallest absolute Gasteiger partial charge is 0.407 e. The van der Waals surface area contributed by atoms with Crippen molar-refractivity contribution in [1.29, 1.82) is 0 Å². The number of aromatic nitrogens is 4. The number of amides is 1. The summed E-state index contributed by atoms with van der Waals surface area (Å²) in [5.41, 5.74) is 6.98. The largest absolute Gasteiger partial charge is 0.444 e. The first kappa shape index (κ1) is 16.2. The number of nitrogens with two attached hydrogens (primary N) is 1. The Kier molecular flexibility index (Phi) is 4.32. The molecule has 2 heterocycles. The molecule has 2 aromatic heterocycles. The SMILES string of the molecule is CC(C)(C)OC(=O)NCC(C)(CN)c1cnc2n[nH]nc2c1. The number of nitrogens with zero attached hydrogens (tertiary/aromatic N) is 3. The van der Waals surface area contributed by atoms with Crippen molar-refractivity contribution in [1.82, 2.24) is 25.7 Å². The maximum absolute atomic E-state index is 11.8. The van der Waals surface area contributed by atoms with Gasteiger partial charge in [0.05, 0.1) is 0 Å². The lowest BCUT2D eigenvalue weighted by atomic mass is 9.83. The van der Waals surface area contributed by atoms with Gasteiger partial charge in [-0.1, -0.05) is 6.92 Å². The maximum Gasteiger partial charge on any atom is 0.407 e. The van der Waals surface area contributed by atoms with E-state index in [0.717, 1.165) is 5.56 Å². The zero-order valence-electron chi connectivity index (χ0n) is 13.3. The Labute approximate surface area is 128 Å². The molecule has 0 bridgehead atoms. The van der Waals surface area contributed by atoms with Gasteiger partial charge < -0.3 is 15.8 Å². The van der Waals surface area contributed by atoms with Gasteiger partial charge in [0.25, 0.3) is 0 Å². The van der Waals surface area contributed by atoms with E-state index in [0.29, 0.717) is 24.3 Å². The third-order valence-corrected chi connectivity index (χ3v) is 3.34. The highest BCUT2D eigenvalue weighted by Gasteiger charge is 2.28. The molecule has 0 aromatic carbocycles. The molecule has 2 rings (SSSR count). The van der Waals surface area contributed by atoms with Gasteiger partial charge in [0.15, 0.2) is 0 Å². The van der Waals surface area contributed by atoms with E-state index >= 15 is 0 Å². The number of carbonyl (C=O) groups is 1. The summed E-state index contributed by atoms with van der Waals surface area (Å²) in [6.45, 7) is 8.08. The average molecular weight is 306 g/mol. The number of aromatic amines is 1. The summed E-state index contributed by atoms with van der Waals surface area (Å²) in [4.78, 5) is 16.0. The van der Waals surface area contributed by atoms with Gasteiger partial charge >= 0.3 is 6.09 Å². The average Bonchev–Trinajstić information content (AvgIpc) is 2.90. The number of ether oxygens (including phenoxy) is 1. The predicted molar refractivity (Wildman–Crippen MR) is 82.3 cm³/mol. The molecule has 1 unspecified atom stereocenters. The molecule has 0 saturated heterocycles. The van der Waals surface area contributed by atoms with Crippen LogP contribution in [-0.2, 0) is 10.2 Å². The van der Waals surface area contributed by atoms with Crippen molar-refractivity contribution < 1.29 is 9.53 Å². The minimum atomic E-state index is -0.537. The van der Waals surface area contributed by atoms with Gasteiger partial charge in [-0.15, -0.1) is 5.10 Å². The Morgan fingerprint density at radius 2 is 2.09 bits per heavy atom. The number of hydrogen-bond donors (Lipinski definition) is 3. The van der Waals surface area contributed by atoms with Gasteiger partial charge in [0, 0.05) is 24.7 Å². The Morgan fingerprint density at radius 3 is 2.73 bits per heavy atom. The first-order chi connectivity index (χ1) is 10.2. The quantitative estimate of drug-likeness (QED) is 0.778. The van der Waals surface area contributed by atoms with E-state index in [-0.39, 0.29) is 0 Å². The van der Waals surface area contributed by atoms with Crippen LogP contribution in [0.15, 0.2) is 12.3 Å². The van der Waals surface area contributed by atoms with Crippen LogP contribution in [0.25, 0.3) is 11.2 Å². The number of H-pyrrole nitrogens is 1. The molecule has 0 saturated carbocycles. The third-order valence-electron chi connectivity index (χ3n) is 3.34. The molecule has 2 aromatic rings. The number of nitrogens with one attached hydrogen (secondary N) is 2. The molecule has 8 nitrogen and oxygen atoms in total. The summed E-state index contributed by atoms with van der Waals surface area (Å²) in [5.74, 6) is 0. The first-order valence-corrected chi connectivity index (χ1v) is 7.07. The van der Waals surface area contributed by atoms with Crippen molar-refractivity contribution >= 4 is 17.3 Å². The lowest BCUT2D eigenvalue weighted by Crippen LogP contribution is -2.45. The molecular formula is C14H22N6O2. The van der Waals surface area contributed by atoms with Crippen LogP contribution in [0.4, 0.5) is 4.79 Å². The molecule has 120 valence electrons. The normalized spacial score (nSPS) is 14.6. The standard InChI is InChI=1S/C14H22N6O2/c1-13(2,3)22-12(21)17-8-14(4,7-15)9-5-10-11(16-6-9)19-20-18-10/h5-6H,7-8,15H2,1-4H3,(H,17,21)(H,16,18,19,20). The molecule has 0 radical (unpaired) electrons. The van der Waals surface area contributed by atoms with E-state index in [4.69, 9.17) is 10.5 Å². The van der Waals surface area contributed by atoms with Crippen LogP contribution in [-0.4, -0.2) is 45.2 Å². The van der Waals surface area contributed by atoms with Crippen molar-refractivity contribution in [2.24, 2.45) is 5.73 Å². The predicted octanol–water partition coefficient (Wildman–Crippen LogP) is 1.09. The molecule has 22 heavy (non-hydrogen) atoms. The minimum absolute atomic E-state index is 0.337. The van der Waals surface area contributed by atoms with Gasteiger partial charge in [0.2, 0.25) is 5.65 Å². The monoisotopic (exact) mass is 306 g/mol. The zero-order chi connectivity index (χ0) is 16.4. The molecule has 0 aliphatic heterocycles. The fourth-order valence-electron chi connectivity index (χ4n) is 1.94. The molecule has 1 atom stereocenters. The Bertz CT molecular complexity index is 663. The highest BCUT2D eigenvalue weighted by Crippen LogP contribution is 2.23. The van der Waals surface area contributed by atoms with Crippen LogP contribution in [0.5, 0.6) is 0 Å². The summed E-state index contributed by atoms with van der Waals surface area (Å²) in [6.07, 6.45) is 1.23. The summed E-state index contributed by atoms with van der Waals surface area (Å²) in [5, 5.41) is 13.2. The van der Waals surface area contributed by atoms with Crippen molar-refractivity contribution in [3.05, 3.63) is 17.8 Å². The van der Waals surface area contributed by atoms with Crippen LogP contribution in [0, 0.1) is 0 Å². The number of rotatable bonds is 4. The maximum atomic E-state index is 11.8. The van der Waals surface area contributed by atoms with Crippen molar-refractivity contribution in [2.75, 3.05) is 13.1 Å². The highest BCUT2D eigenvalue weighted by atomic mass is 16.6. The Morgan fingerprint density at radius 1 is 1.36 bits per heavy atom. The van der Waals surface area contributed by atoms with E-state index in [1.54, 1.807) is 6.20 Å². The molecule has 0 aliphatic carbocycles. The molecule has 4 N–H and O–H groups in total. The zero-order valence-corrected chi connectivity index (χ0v) is 13.3. The first-order valence-electron chi connectivity index (χ1n) is 7.07. The van der Waals surface area contributed by atoms with Gasteiger partial charge in [-0.05, 0) is 32.4 Å². The van der Waals surface area contributed by atoms with E-state index < -0.39 is 17.1 Å². The summed E-state index contributed by atoms with van der Waals surface area (Å²) >= 11 is 0. The second-order valence-electron chi connectivity index (χ2n) is 6.51. The number of fused-ring (bicyclic) bond motifs is 1. The number of hydrogen-bond acceptors (Lipinski definition) is 6. The Hall–Kier alpha value is -2.22. The van der Waals surface area contributed by atoms with E-state index in [1.165, 1.54) is 0 Å². The van der Waals surface area contributed by atoms with Crippen molar-refractivity contribution in [3.8, 4) is 0 Å². The van der Waals surface area contributed by atoms with Crippen molar-refractivity contribution in [2.45, 2.75) is 38.7 Å². The van der Waals surface area contributed by atoms with Crippen LogP contribution in [0.1, 0.15) is 33.3 Å². The molecule has 1 amide bonds. The van der Waals surface area contributed by atoms with E-state index in [1.807, 2.05) is 33.8 Å². The number of pyridine rings is 1. The van der Waals surface area contributed by atoms with E-state index in [2.05, 4.69) is 25.7 Å². The summed E-state index contributed by atoms with van der Waals surface area (Å²) in [7, 11) is 0. The molecule has 8 heteroatoms. The lowest BCUT2D eigenvalue weighted by molar-refractivity contribution is 0.0516. The fraction of sp³-hybridized carbons (Fsp3) is 0.571. The summed E-state index contributed by atoms with van der Waals surface area (Å²) in [6, 6.07) is 1.87. The third kappa shape index (κ3) is 3.70. The number of carbonyl (C=O) groups excluding carboxylic acids is 1. The molecule has 0 aliphatic rings. The fourth-order valence-corrected chi connectivity index (χ4v) is 1.94. The number of alkyl carbamates (subject to hydrolysis) is 1.